The van der Waals surface area contributed by atoms with E-state index in [0.29, 0.717) is 24.2 Å². The molecule has 0 heterocycles. The molecular weight excluding hydrogens is 368 g/mol. The van der Waals surface area contributed by atoms with E-state index in [4.69, 9.17) is 0 Å². The second-order valence-electron chi connectivity index (χ2n) is 9.75. The molecule has 3 nitrogen and oxygen atoms in total. The van der Waals surface area contributed by atoms with Gasteiger partial charge >= 0.3 is 0 Å². The first kappa shape index (κ1) is 21.8. The standard InChI is InChI=1S/C21H28O3S.C3H8/c1-19-8-5-14(22)11-13(19)3-4-15-16(19)6-9-20(2)17(15)7-10-21(20,24)18(23)12-25;1-3-2/h5,8,11,15-17,24-25H,3-4,6-7,9-10,12H2,1-2H3;3H2,1-2H3/t15?,16?,17?,19?,20?,21-;/m0./s1. The predicted molar refractivity (Wildman–Crippen MR) is 116 cm³/mol. The maximum atomic E-state index is 12.5. The van der Waals surface area contributed by atoms with Gasteiger partial charge in [-0.15, -0.1) is 0 Å². The predicted octanol–water partition coefficient (Wildman–Crippen LogP) is 4.94. The van der Waals surface area contributed by atoms with Crippen molar-refractivity contribution < 1.29 is 14.7 Å². The molecule has 28 heavy (non-hydrogen) atoms. The van der Waals surface area contributed by atoms with Crippen LogP contribution in [0.15, 0.2) is 23.8 Å². The minimum absolute atomic E-state index is 0.0353. The van der Waals surface area contributed by atoms with Crippen LogP contribution in [0.25, 0.3) is 0 Å². The van der Waals surface area contributed by atoms with Gasteiger partial charge in [-0.25, -0.2) is 0 Å². The van der Waals surface area contributed by atoms with Gasteiger partial charge in [0.05, 0.1) is 5.75 Å². The first-order valence-corrected chi connectivity index (χ1v) is 11.6. The third-order valence-corrected chi connectivity index (χ3v) is 8.60. The molecule has 4 aliphatic rings. The van der Waals surface area contributed by atoms with Crippen molar-refractivity contribution >= 4 is 24.2 Å². The Kier molecular flexibility index (Phi) is 6.05. The highest BCUT2D eigenvalue weighted by Crippen LogP contribution is 2.67. The Balaban J connectivity index is 0.000000706. The Bertz CT molecular complexity index is 711. The van der Waals surface area contributed by atoms with E-state index in [-0.39, 0.29) is 28.1 Å². The van der Waals surface area contributed by atoms with Crippen LogP contribution in [0.2, 0.25) is 0 Å². The Morgan fingerprint density at radius 2 is 1.82 bits per heavy atom. The zero-order valence-electron chi connectivity index (χ0n) is 17.8. The van der Waals surface area contributed by atoms with Crippen molar-refractivity contribution in [3.05, 3.63) is 23.8 Å². The van der Waals surface area contributed by atoms with Crippen molar-refractivity contribution in [2.45, 2.75) is 78.2 Å². The van der Waals surface area contributed by atoms with Crippen molar-refractivity contribution in [3.63, 3.8) is 0 Å². The Hall–Kier alpha value is -0.870. The number of allylic oxidation sites excluding steroid dienone is 4. The fourth-order valence-electron chi connectivity index (χ4n) is 6.80. The molecular formula is C24H36O3S. The molecule has 0 aromatic rings. The highest BCUT2D eigenvalue weighted by Gasteiger charge is 2.65. The second-order valence-corrected chi connectivity index (χ2v) is 10.1. The Morgan fingerprint density at radius 1 is 1.18 bits per heavy atom. The molecule has 6 atom stereocenters. The molecule has 1 N–H and O–H groups in total. The average molecular weight is 405 g/mol. The zero-order valence-corrected chi connectivity index (χ0v) is 18.7. The summed E-state index contributed by atoms with van der Waals surface area (Å²) >= 11 is 4.16. The van der Waals surface area contributed by atoms with E-state index < -0.39 is 5.60 Å². The van der Waals surface area contributed by atoms with Crippen LogP contribution in [0, 0.1) is 28.6 Å². The lowest BCUT2D eigenvalue weighted by molar-refractivity contribution is -0.158. The first-order valence-electron chi connectivity index (χ1n) is 11.0. The average Bonchev–Trinajstić information content (AvgIpc) is 2.94. The lowest BCUT2D eigenvalue weighted by Crippen LogP contribution is -2.57. The molecule has 4 rings (SSSR count). The van der Waals surface area contributed by atoms with Gasteiger partial charge in [-0.2, -0.15) is 12.6 Å². The van der Waals surface area contributed by atoms with Crippen molar-refractivity contribution in [1.82, 2.24) is 0 Å². The normalized spacial score (nSPS) is 43.9. The minimum Gasteiger partial charge on any atom is -0.381 e. The summed E-state index contributed by atoms with van der Waals surface area (Å²) < 4.78 is 0. The number of Topliss-reactive ketones (excluding diaryl/α,β-unsaturated/α-hetero) is 1. The molecule has 0 aliphatic heterocycles. The van der Waals surface area contributed by atoms with Gasteiger partial charge in [0, 0.05) is 10.8 Å². The summed E-state index contributed by atoms with van der Waals surface area (Å²) in [5.74, 6) is 1.52. The lowest BCUT2D eigenvalue weighted by Gasteiger charge is -2.57. The van der Waals surface area contributed by atoms with Crippen LogP contribution in [0.1, 0.15) is 72.6 Å². The van der Waals surface area contributed by atoms with Gasteiger partial charge in [-0.05, 0) is 68.4 Å². The lowest BCUT2D eigenvalue weighted by atomic mass is 9.47. The number of aliphatic hydroxyl groups is 1. The molecule has 3 fully saturated rings. The van der Waals surface area contributed by atoms with Crippen LogP contribution in [-0.2, 0) is 9.59 Å². The first-order chi connectivity index (χ1) is 13.2. The smallest absolute Gasteiger partial charge is 0.178 e. The summed E-state index contributed by atoms with van der Waals surface area (Å²) in [6.07, 6.45) is 12.4. The van der Waals surface area contributed by atoms with Crippen molar-refractivity contribution in [1.29, 1.82) is 0 Å². The Morgan fingerprint density at radius 3 is 2.46 bits per heavy atom. The van der Waals surface area contributed by atoms with Gasteiger partial charge in [0.15, 0.2) is 11.6 Å². The Labute approximate surface area is 175 Å². The van der Waals surface area contributed by atoms with Crippen molar-refractivity contribution in [2.24, 2.45) is 28.6 Å². The SMILES string of the molecule is CC12C=CC(=O)C=C1CCC1C2CCC2(C)C1CC[C@]2(O)C(=O)CS.CCC. The van der Waals surface area contributed by atoms with Gasteiger partial charge < -0.3 is 5.11 Å². The van der Waals surface area contributed by atoms with Crippen molar-refractivity contribution in [2.75, 3.05) is 5.75 Å². The molecule has 3 saturated carbocycles. The molecule has 5 unspecified atom stereocenters. The molecule has 4 aliphatic carbocycles. The van der Waals surface area contributed by atoms with Gasteiger partial charge in [0.2, 0.25) is 0 Å². The number of ketones is 2. The highest BCUT2D eigenvalue weighted by molar-refractivity contribution is 7.81. The summed E-state index contributed by atoms with van der Waals surface area (Å²) in [5, 5.41) is 11.3. The van der Waals surface area contributed by atoms with E-state index in [2.05, 4.69) is 46.4 Å². The van der Waals surface area contributed by atoms with Crippen LogP contribution < -0.4 is 0 Å². The van der Waals surface area contributed by atoms with E-state index in [1.165, 1.54) is 12.0 Å². The minimum atomic E-state index is -1.21. The summed E-state index contributed by atoms with van der Waals surface area (Å²) in [7, 11) is 0. The van der Waals surface area contributed by atoms with E-state index in [1.54, 1.807) is 6.08 Å². The molecule has 0 amide bonds. The van der Waals surface area contributed by atoms with Crippen LogP contribution in [0.5, 0.6) is 0 Å². The quantitative estimate of drug-likeness (QED) is 0.641. The molecule has 0 radical (unpaired) electrons. The summed E-state index contributed by atoms with van der Waals surface area (Å²) in [4.78, 5) is 24.3. The summed E-state index contributed by atoms with van der Waals surface area (Å²) in [5.41, 5.74) is -0.295. The van der Waals surface area contributed by atoms with Gasteiger partial charge in [-0.3, -0.25) is 9.59 Å². The van der Waals surface area contributed by atoms with Crippen LogP contribution in [0.3, 0.4) is 0 Å². The monoisotopic (exact) mass is 404 g/mol. The number of hydrogen-bond donors (Lipinski definition) is 2. The van der Waals surface area contributed by atoms with Crippen molar-refractivity contribution in [3.8, 4) is 0 Å². The molecule has 156 valence electrons. The number of carbonyl (C=O) groups excluding carboxylic acids is 2. The largest absolute Gasteiger partial charge is 0.381 e. The molecule has 0 spiro atoms. The van der Waals surface area contributed by atoms with Gasteiger partial charge in [0.1, 0.15) is 5.60 Å². The number of hydrogen-bond acceptors (Lipinski definition) is 4. The molecule has 0 aromatic heterocycles. The number of rotatable bonds is 2. The highest BCUT2D eigenvalue weighted by atomic mass is 32.1. The fourth-order valence-corrected chi connectivity index (χ4v) is 7.06. The van der Waals surface area contributed by atoms with Crippen LogP contribution >= 0.6 is 12.6 Å². The van der Waals surface area contributed by atoms with E-state index in [1.807, 2.05) is 6.08 Å². The number of carbonyl (C=O) groups is 2. The van der Waals surface area contributed by atoms with Crippen LogP contribution in [-0.4, -0.2) is 28.0 Å². The number of thiol groups is 1. The molecule has 0 bridgehead atoms. The number of fused-ring (bicyclic) bond motifs is 5. The van der Waals surface area contributed by atoms with Gasteiger partial charge in [0.25, 0.3) is 0 Å². The third kappa shape index (κ3) is 3.06. The van der Waals surface area contributed by atoms with E-state index in [9.17, 15) is 14.7 Å². The molecule has 0 aromatic carbocycles. The fraction of sp³-hybridized carbons (Fsp3) is 0.750. The molecule has 0 saturated heterocycles. The summed E-state index contributed by atoms with van der Waals surface area (Å²) in [6, 6.07) is 0. The van der Waals surface area contributed by atoms with Gasteiger partial charge in [-0.1, -0.05) is 45.8 Å². The van der Waals surface area contributed by atoms with E-state index in [0.717, 1.165) is 32.1 Å². The van der Waals surface area contributed by atoms with E-state index >= 15 is 0 Å². The maximum Gasteiger partial charge on any atom is 0.178 e. The topological polar surface area (TPSA) is 54.4 Å². The maximum absolute atomic E-state index is 12.5. The summed E-state index contributed by atoms with van der Waals surface area (Å²) in [6.45, 7) is 8.66. The molecule has 4 heteroatoms. The third-order valence-electron chi connectivity index (χ3n) is 8.31. The second kappa shape index (κ2) is 7.75. The zero-order chi connectivity index (χ0) is 20.7. The van der Waals surface area contributed by atoms with Crippen LogP contribution in [0.4, 0.5) is 0 Å².